The van der Waals surface area contributed by atoms with Gasteiger partial charge in [0.25, 0.3) is 5.56 Å². The molecule has 1 N–H and O–H groups in total. The van der Waals surface area contributed by atoms with Crippen LogP contribution in [0.3, 0.4) is 0 Å². The molecule has 4 aromatic rings. The van der Waals surface area contributed by atoms with Crippen LogP contribution in [0.5, 0.6) is 0 Å². The van der Waals surface area contributed by atoms with E-state index < -0.39 is 0 Å². The van der Waals surface area contributed by atoms with E-state index in [-0.39, 0.29) is 17.2 Å². The molecular weight excluding hydrogens is 470 g/mol. The van der Waals surface area contributed by atoms with Gasteiger partial charge in [-0.15, -0.1) is 11.3 Å². The first kappa shape index (κ1) is 22.3. The molecule has 1 aliphatic carbocycles. The normalized spacial score (nSPS) is 13.1. The van der Waals surface area contributed by atoms with Crippen LogP contribution in [0, 0.1) is 0 Å². The van der Waals surface area contributed by atoms with Crippen molar-refractivity contribution in [1.29, 1.82) is 0 Å². The Morgan fingerprint density at radius 3 is 2.70 bits per heavy atom. The van der Waals surface area contributed by atoms with Crippen molar-refractivity contribution in [2.45, 2.75) is 40.6 Å². The Hall–Kier alpha value is -2.55. The highest BCUT2D eigenvalue weighted by Crippen LogP contribution is 2.35. The lowest BCUT2D eigenvalue weighted by atomic mass is 9.97. The molecule has 0 atom stereocenters. The predicted octanol–water partition coefficient (Wildman–Crippen LogP) is 5.76. The fraction of sp³-hybridized carbons (Fsp3) is 0.240. The third-order valence-corrected chi connectivity index (χ3v) is 8.92. The molecule has 0 radical (unpaired) electrons. The summed E-state index contributed by atoms with van der Waals surface area (Å²) in [5.74, 6) is 0.0576. The number of aryl methyl sites for hydroxylation is 2. The molecule has 2 aromatic carbocycles. The summed E-state index contributed by atoms with van der Waals surface area (Å²) in [6.45, 7) is 0. The van der Waals surface area contributed by atoms with Gasteiger partial charge in [0.15, 0.2) is 5.16 Å². The van der Waals surface area contributed by atoms with Crippen molar-refractivity contribution in [3.63, 3.8) is 0 Å². The minimum absolute atomic E-state index is 0.00749. The molecule has 33 heavy (non-hydrogen) atoms. The SMILES string of the molecule is Cn1c(SCC(=O)Nc2ccccc2Sc2ccccc2)nc2sc3c(c2c1=O)CCCC3. The number of nitrogens with one attached hydrogen (secondary N) is 1. The van der Waals surface area contributed by atoms with E-state index in [4.69, 9.17) is 4.98 Å². The first-order valence-corrected chi connectivity index (χ1v) is 13.5. The highest BCUT2D eigenvalue weighted by atomic mass is 32.2. The fourth-order valence-electron chi connectivity index (χ4n) is 3.99. The highest BCUT2D eigenvalue weighted by molar-refractivity contribution is 8.00. The molecule has 5 nitrogen and oxygen atoms in total. The van der Waals surface area contributed by atoms with Crippen LogP contribution >= 0.6 is 34.9 Å². The van der Waals surface area contributed by atoms with Gasteiger partial charge in [-0.05, 0) is 55.5 Å². The van der Waals surface area contributed by atoms with Crippen molar-refractivity contribution in [2.24, 2.45) is 7.05 Å². The van der Waals surface area contributed by atoms with Crippen LogP contribution in [0.15, 0.2) is 74.3 Å². The molecule has 8 heteroatoms. The Morgan fingerprint density at radius 2 is 1.85 bits per heavy atom. The number of nitrogens with zero attached hydrogens (tertiary/aromatic N) is 2. The summed E-state index contributed by atoms with van der Waals surface area (Å²) < 4.78 is 1.58. The molecular formula is C25H23N3O2S3. The number of carbonyl (C=O) groups is 1. The van der Waals surface area contributed by atoms with Crippen molar-refractivity contribution < 1.29 is 4.79 Å². The molecule has 1 aliphatic rings. The number of thioether (sulfide) groups is 1. The first-order chi connectivity index (χ1) is 16.1. The Morgan fingerprint density at radius 1 is 1.09 bits per heavy atom. The zero-order valence-corrected chi connectivity index (χ0v) is 20.6. The first-order valence-electron chi connectivity index (χ1n) is 10.9. The second kappa shape index (κ2) is 9.75. The van der Waals surface area contributed by atoms with Crippen molar-refractivity contribution in [2.75, 3.05) is 11.1 Å². The zero-order valence-electron chi connectivity index (χ0n) is 18.2. The summed E-state index contributed by atoms with van der Waals surface area (Å²) in [5, 5.41) is 4.37. The standard InChI is InChI=1S/C25H23N3O2S3/c1-28-24(30)22-17-11-5-7-13-19(17)33-23(22)27-25(28)31-15-21(29)26-18-12-6-8-14-20(18)32-16-9-3-2-4-10-16/h2-4,6,8-10,12,14H,5,7,11,13,15H2,1H3,(H,26,29). The second-order valence-corrected chi connectivity index (χ2v) is 11.0. The van der Waals surface area contributed by atoms with Crippen LogP contribution in [0.2, 0.25) is 0 Å². The highest BCUT2D eigenvalue weighted by Gasteiger charge is 2.21. The maximum atomic E-state index is 13.0. The predicted molar refractivity (Wildman–Crippen MR) is 138 cm³/mol. The van der Waals surface area contributed by atoms with Gasteiger partial charge in [0.1, 0.15) is 4.83 Å². The largest absolute Gasteiger partial charge is 0.324 e. The lowest BCUT2D eigenvalue weighted by Crippen LogP contribution is -2.22. The number of benzene rings is 2. The minimum atomic E-state index is -0.124. The Balaban J connectivity index is 1.31. The monoisotopic (exact) mass is 493 g/mol. The number of para-hydroxylation sites is 1. The number of rotatable bonds is 6. The van der Waals surface area contributed by atoms with E-state index in [0.717, 1.165) is 45.0 Å². The van der Waals surface area contributed by atoms with Gasteiger partial charge in [-0.3, -0.25) is 14.2 Å². The molecule has 2 heterocycles. The lowest BCUT2D eigenvalue weighted by Gasteiger charge is -2.12. The van der Waals surface area contributed by atoms with Crippen molar-refractivity contribution in [3.05, 3.63) is 75.4 Å². The number of hydrogen-bond acceptors (Lipinski definition) is 6. The maximum Gasteiger partial charge on any atom is 0.262 e. The lowest BCUT2D eigenvalue weighted by molar-refractivity contribution is -0.113. The van der Waals surface area contributed by atoms with Crippen molar-refractivity contribution in [1.82, 2.24) is 9.55 Å². The minimum Gasteiger partial charge on any atom is -0.324 e. The second-order valence-electron chi connectivity index (χ2n) is 7.90. The fourth-order valence-corrected chi connectivity index (χ4v) is 6.98. The van der Waals surface area contributed by atoms with E-state index in [0.29, 0.717) is 5.16 Å². The molecule has 0 bridgehead atoms. The summed E-state index contributed by atoms with van der Waals surface area (Å²) in [6, 6.07) is 17.9. The molecule has 5 rings (SSSR count). The van der Waals surface area contributed by atoms with E-state index in [1.165, 1.54) is 28.6 Å². The van der Waals surface area contributed by atoms with Crippen molar-refractivity contribution in [3.8, 4) is 0 Å². The molecule has 0 unspecified atom stereocenters. The number of fused-ring (bicyclic) bond motifs is 3. The number of carbonyl (C=O) groups excluding carboxylic acids is 1. The van der Waals surface area contributed by atoms with Gasteiger partial charge in [-0.1, -0.05) is 53.9 Å². The summed E-state index contributed by atoms with van der Waals surface area (Å²) in [4.78, 5) is 34.8. The zero-order chi connectivity index (χ0) is 22.8. The van der Waals surface area contributed by atoms with Crippen LogP contribution in [0.25, 0.3) is 10.2 Å². The van der Waals surface area contributed by atoms with Crippen LogP contribution < -0.4 is 10.9 Å². The average molecular weight is 494 g/mol. The third kappa shape index (κ3) is 4.74. The quantitative estimate of drug-likeness (QED) is 0.273. The van der Waals surface area contributed by atoms with Gasteiger partial charge >= 0.3 is 0 Å². The maximum absolute atomic E-state index is 13.0. The number of anilines is 1. The number of aromatic nitrogens is 2. The molecule has 1 amide bonds. The molecule has 2 aromatic heterocycles. The molecule has 0 fully saturated rings. The summed E-state index contributed by atoms with van der Waals surface area (Å²) in [5.41, 5.74) is 1.96. The molecule has 0 saturated carbocycles. The van der Waals surface area contributed by atoms with Crippen LogP contribution in [-0.2, 0) is 24.7 Å². The average Bonchev–Trinajstić information content (AvgIpc) is 3.21. The van der Waals surface area contributed by atoms with E-state index in [2.05, 4.69) is 5.32 Å². The van der Waals surface area contributed by atoms with E-state index >= 15 is 0 Å². The van der Waals surface area contributed by atoms with Gasteiger partial charge in [-0.2, -0.15) is 0 Å². The molecule has 0 aliphatic heterocycles. The molecule has 0 spiro atoms. The third-order valence-electron chi connectivity index (χ3n) is 5.62. The van der Waals surface area contributed by atoms with Crippen LogP contribution in [-0.4, -0.2) is 21.2 Å². The number of thiophene rings is 1. The smallest absolute Gasteiger partial charge is 0.262 e. The van der Waals surface area contributed by atoms with E-state index in [1.54, 1.807) is 34.7 Å². The topological polar surface area (TPSA) is 64.0 Å². The van der Waals surface area contributed by atoms with Crippen molar-refractivity contribution >= 4 is 56.7 Å². The van der Waals surface area contributed by atoms with Gasteiger partial charge in [0.05, 0.1) is 16.8 Å². The number of hydrogen-bond donors (Lipinski definition) is 1. The molecule has 0 saturated heterocycles. The summed E-state index contributed by atoms with van der Waals surface area (Å²) >= 11 is 4.55. The Labute approximate surface area is 204 Å². The van der Waals surface area contributed by atoms with E-state index in [9.17, 15) is 9.59 Å². The van der Waals surface area contributed by atoms with Gasteiger partial charge in [0.2, 0.25) is 5.91 Å². The van der Waals surface area contributed by atoms with Gasteiger partial charge in [-0.25, -0.2) is 4.98 Å². The Bertz CT molecular complexity index is 1380. The number of amides is 1. The summed E-state index contributed by atoms with van der Waals surface area (Å²) in [6.07, 6.45) is 4.29. The molecule has 168 valence electrons. The van der Waals surface area contributed by atoms with Crippen LogP contribution in [0.1, 0.15) is 23.3 Å². The van der Waals surface area contributed by atoms with Gasteiger partial charge < -0.3 is 5.32 Å². The van der Waals surface area contributed by atoms with E-state index in [1.807, 2.05) is 54.6 Å². The van der Waals surface area contributed by atoms with Crippen LogP contribution in [0.4, 0.5) is 5.69 Å². The summed E-state index contributed by atoms with van der Waals surface area (Å²) in [7, 11) is 1.74. The Kier molecular flexibility index (Phi) is 6.57. The van der Waals surface area contributed by atoms with Gasteiger partial charge in [0, 0.05) is 21.7 Å².